The first-order valence-electron chi connectivity index (χ1n) is 9.55. The van der Waals surface area contributed by atoms with Crippen molar-refractivity contribution in [3.05, 3.63) is 59.4 Å². The van der Waals surface area contributed by atoms with Crippen molar-refractivity contribution < 1.29 is 12.8 Å². The zero-order valence-corrected chi connectivity index (χ0v) is 17.5. The Balaban J connectivity index is 1.81. The fraction of sp³-hybridized carbons (Fsp3) is 0.429. The minimum atomic E-state index is -3.71. The summed E-state index contributed by atoms with van der Waals surface area (Å²) in [6.07, 6.45) is 2.24. The van der Waals surface area contributed by atoms with Gasteiger partial charge in [-0.3, -0.25) is 4.90 Å². The number of nitrogens with one attached hydrogen (secondary N) is 1. The van der Waals surface area contributed by atoms with Crippen LogP contribution in [0.3, 0.4) is 0 Å². The molecule has 0 unspecified atom stereocenters. The summed E-state index contributed by atoms with van der Waals surface area (Å²) < 4.78 is 41.7. The molecule has 1 fully saturated rings. The van der Waals surface area contributed by atoms with Gasteiger partial charge in [-0.25, -0.2) is 17.5 Å². The van der Waals surface area contributed by atoms with E-state index in [-0.39, 0.29) is 17.5 Å². The van der Waals surface area contributed by atoms with E-state index in [1.807, 2.05) is 19.0 Å². The molecule has 1 atom stereocenters. The Morgan fingerprint density at radius 1 is 1.11 bits per heavy atom. The van der Waals surface area contributed by atoms with Gasteiger partial charge in [-0.2, -0.15) is 0 Å². The Morgan fingerprint density at radius 3 is 2.32 bits per heavy atom. The molecule has 3 rings (SSSR count). The van der Waals surface area contributed by atoms with Crippen LogP contribution in [0.1, 0.15) is 30.0 Å². The minimum absolute atomic E-state index is 0.0331. The number of aryl methyl sites for hydroxylation is 1. The van der Waals surface area contributed by atoms with Crippen molar-refractivity contribution >= 4 is 15.7 Å². The van der Waals surface area contributed by atoms with Gasteiger partial charge in [0.1, 0.15) is 5.82 Å². The summed E-state index contributed by atoms with van der Waals surface area (Å²) in [6, 6.07) is 11.9. The van der Waals surface area contributed by atoms with Gasteiger partial charge in [-0.15, -0.1) is 0 Å². The van der Waals surface area contributed by atoms with Gasteiger partial charge >= 0.3 is 0 Å². The van der Waals surface area contributed by atoms with Gasteiger partial charge in [0.25, 0.3) is 0 Å². The lowest BCUT2D eigenvalue weighted by atomic mass is 10.1. The molecular weight excluding hydrogens is 377 g/mol. The van der Waals surface area contributed by atoms with E-state index in [2.05, 4.69) is 33.9 Å². The van der Waals surface area contributed by atoms with Crippen LogP contribution in [-0.2, 0) is 10.0 Å². The number of nitrogens with zero attached hydrogens (tertiary/aromatic N) is 2. The van der Waals surface area contributed by atoms with Crippen molar-refractivity contribution in [3.63, 3.8) is 0 Å². The van der Waals surface area contributed by atoms with Crippen molar-refractivity contribution in [1.82, 2.24) is 9.62 Å². The van der Waals surface area contributed by atoms with Crippen LogP contribution in [-0.4, -0.2) is 47.0 Å². The van der Waals surface area contributed by atoms with Crippen molar-refractivity contribution in [3.8, 4) is 0 Å². The molecule has 0 aromatic heterocycles. The Labute approximate surface area is 167 Å². The molecule has 1 aliphatic rings. The predicted octanol–water partition coefficient (Wildman–Crippen LogP) is 3.32. The lowest BCUT2D eigenvalue weighted by Gasteiger charge is -2.28. The number of sulfonamides is 1. The molecule has 2 aromatic carbocycles. The van der Waals surface area contributed by atoms with Gasteiger partial charge in [0.05, 0.1) is 4.90 Å². The average molecular weight is 406 g/mol. The number of likely N-dealkylation sites (tertiary alicyclic amines) is 1. The van der Waals surface area contributed by atoms with Gasteiger partial charge in [-0.05, 0) is 74.3 Å². The number of hydrogen-bond donors (Lipinski definition) is 1. The van der Waals surface area contributed by atoms with Gasteiger partial charge in [0, 0.05) is 32.4 Å². The van der Waals surface area contributed by atoms with E-state index in [4.69, 9.17) is 0 Å². The number of benzene rings is 2. The van der Waals surface area contributed by atoms with Crippen LogP contribution < -0.4 is 9.62 Å². The zero-order valence-electron chi connectivity index (χ0n) is 16.7. The molecular formula is C21H28FN3O2S. The highest BCUT2D eigenvalue weighted by molar-refractivity contribution is 7.89. The Hall–Kier alpha value is -1.96. The first kappa shape index (κ1) is 20.8. The molecule has 1 aliphatic heterocycles. The molecule has 5 nitrogen and oxygen atoms in total. The first-order valence-corrected chi connectivity index (χ1v) is 11.0. The summed E-state index contributed by atoms with van der Waals surface area (Å²) in [4.78, 5) is 4.48. The molecule has 1 N–H and O–H groups in total. The maximum absolute atomic E-state index is 13.3. The maximum atomic E-state index is 13.3. The summed E-state index contributed by atoms with van der Waals surface area (Å²) in [5.41, 5.74) is 2.60. The third-order valence-corrected chi connectivity index (χ3v) is 6.85. The first-order chi connectivity index (χ1) is 13.3. The maximum Gasteiger partial charge on any atom is 0.240 e. The van der Waals surface area contributed by atoms with Crippen molar-refractivity contribution in [2.24, 2.45) is 0 Å². The van der Waals surface area contributed by atoms with Crippen LogP contribution in [0.5, 0.6) is 0 Å². The fourth-order valence-corrected chi connectivity index (χ4v) is 4.95. The van der Waals surface area contributed by atoms with E-state index < -0.39 is 15.8 Å². The van der Waals surface area contributed by atoms with Gasteiger partial charge in [-0.1, -0.05) is 12.1 Å². The minimum Gasteiger partial charge on any atom is -0.378 e. The lowest BCUT2D eigenvalue weighted by Crippen LogP contribution is -2.37. The second-order valence-electron chi connectivity index (χ2n) is 7.51. The number of hydrogen-bond acceptors (Lipinski definition) is 4. The van der Waals surface area contributed by atoms with Gasteiger partial charge < -0.3 is 4.90 Å². The summed E-state index contributed by atoms with van der Waals surface area (Å²) >= 11 is 0. The molecule has 2 aromatic rings. The Bertz CT molecular complexity index is 908. The predicted molar refractivity (Wildman–Crippen MR) is 111 cm³/mol. The van der Waals surface area contributed by atoms with E-state index in [0.29, 0.717) is 5.56 Å². The van der Waals surface area contributed by atoms with Gasteiger partial charge in [0.15, 0.2) is 0 Å². The van der Waals surface area contributed by atoms with E-state index in [1.165, 1.54) is 18.2 Å². The zero-order chi connectivity index (χ0) is 20.3. The summed E-state index contributed by atoms with van der Waals surface area (Å²) in [6.45, 7) is 3.80. The van der Waals surface area contributed by atoms with E-state index in [9.17, 15) is 12.8 Å². The second kappa shape index (κ2) is 8.59. The summed E-state index contributed by atoms with van der Waals surface area (Å²) in [5.74, 6) is -0.438. The molecule has 0 aliphatic carbocycles. The number of rotatable bonds is 7. The highest BCUT2D eigenvalue weighted by Crippen LogP contribution is 2.27. The van der Waals surface area contributed by atoms with Crippen molar-refractivity contribution in [2.45, 2.75) is 30.7 Å². The van der Waals surface area contributed by atoms with Crippen molar-refractivity contribution in [2.75, 3.05) is 38.6 Å². The van der Waals surface area contributed by atoms with E-state index in [1.54, 1.807) is 6.92 Å². The van der Waals surface area contributed by atoms with Gasteiger partial charge in [0.2, 0.25) is 10.0 Å². The number of halogens is 1. The molecule has 7 heteroatoms. The topological polar surface area (TPSA) is 52.7 Å². The third kappa shape index (κ3) is 4.71. The summed E-state index contributed by atoms with van der Waals surface area (Å²) in [7, 11) is 0.271. The molecule has 0 amide bonds. The smallest absolute Gasteiger partial charge is 0.240 e. The van der Waals surface area contributed by atoms with E-state index in [0.717, 1.165) is 37.2 Å². The average Bonchev–Trinajstić information content (AvgIpc) is 3.16. The SMILES string of the molecule is Cc1cc(F)ccc1S(=O)(=O)NC[C@H](c1ccc(N(C)C)cc1)N1CCCC1. The molecule has 0 radical (unpaired) electrons. The molecule has 28 heavy (non-hydrogen) atoms. The largest absolute Gasteiger partial charge is 0.378 e. The third-order valence-electron chi connectivity index (χ3n) is 5.27. The molecule has 152 valence electrons. The van der Waals surface area contributed by atoms with Crippen molar-refractivity contribution in [1.29, 1.82) is 0 Å². The normalized spacial score (nSPS) is 16.3. The fourth-order valence-electron chi connectivity index (χ4n) is 3.69. The Kier molecular flexibility index (Phi) is 6.37. The quantitative estimate of drug-likeness (QED) is 0.768. The highest BCUT2D eigenvalue weighted by Gasteiger charge is 2.26. The lowest BCUT2D eigenvalue weighted by molar-refractivity contribution is 0.246. The van der Waals surface area contributed by atoms with E-state index >= 15 is 0 Å². The highest BCUT2D eigenvalue weighted by atomic mass is 32.2. The van der Waals surface area contributed by atoms with Crippen LogP contribution in [0.4, 0.5) is 10.1 Å². The molecule has 0 spiro atoms. The number of anilines is 1. The Morgan fingerprint density at radius 2 is 1.75 bits per heavy atom. The van der Waals surface area contributed by atoms with Crippen LogP contribution in [0.2, 0.25) is 0 Å². The second-order valence-corrected chi connectivity index (χ2v) is 9.24. The summed E-state index contributed by atoms with van der Waals surface area (Å²) in [5, 5.41) is 0. The standard InChI is InChI=1S/C21H28FN3O2S/c1-16-14-18(22)8-11-21(16)28(26,27)23-15-20(25-12-4-5-13-25)17-6-9-19(10-7-17)24(2)3/h6-11,14,20,23H,4-5,12-13,15H2,1-3H3/t20-/m1/s1. The van der Waals surface area contributed by atoms with Crippen LogP contribution in [0.15, 0.2) is 47.4 Å². The molecule has 1 saturated heterocycles. The van der Waals surface area contributed by atoms with Crippen LogP contribution in [0.25, 0.3) is 0 Å². The molecule has 0 saturated carbocycles. The van der Waals surface area contributed by atoms with Crippen LogP contribution in [0, 0.1) is 12.7 Å². The molecule has 0 bridgehead atoms. The molecule has 1 heterocycles. The monoisotopic (exact) mass is 405 g/mol. The van der Waals surface area contributed by atoms with Crippen LogP contribution >= 0.6 is 0 Å².